The lowest BCUT2D eigenvalue weighted by molar-refractivity contribution is 0.0332. The minimum Gasteiger partial charge on any atom is -0.379 e. The maximum atomic E-state index is 12.6. The Morgan fingerprint density at radius 3 is 2.58 bits per heavy atom. The molecule has 24 heavy (non-hydrogen) atoms. The number of ether oxygens (including phenoxy) is 1. The van der Waals surface area contributed by atoms with Crippen molar-refractivity contribution in [1.82, 2.24) is 10.2 Å². The maximum Gasteiger partial charge on any atom is 0.254 e. The Bertz CT molecular complexity index is 687. The lowest BCUT2D eigenvalue weighted by Crippen LogP contribution is -2.43. The van der Waals surface area contributed by atoms with Gasteiger partial charge in [0.2, 0.25) is 0 Å². The number of hydrogen-bond donors (Lipinski definition) is 1. The van der Waals surface area contributed by atoms with E-state index in [-0.39, 0.29) is 11.9 Å². The lowest BCUT2D eigenvalue weighted by atomic mass is 10.1. The van der Waals surface area contributed by atoms with E-state index in [2.05, 4.69) is 10.2 Å². The Labute approximate surface area is 155 Å². The van der Waals surface area contributed by atoms with Crippen molar-refractivity contribution in [2.75, 3.05) is 32.8 Å². The summed E-state index contributed by atoms with van der Waals surface area (Å²) in [6.45, 7) is 3.91. The fourth-order valence-electron chi connectivity index (χ4n) is 2.69. The van der Waals surface area contributed by atoms with Crippen LogP contribution in [0.4, 0.5) is 0 Å². The highest BCUT2D eigenvalue weighted by molar-refractivity contribution is 7.20. The number of hydrogen-bond acceptors (Lipinski definition) is 4. The first-order chi connectivity index (χ1) is 11.6. The normalized spacial score (nSPS) is 16.8. The summed E-state index contributed by atoms with van der Waals surface area (Å²) in [6, 6.07) is 11.4. The van der Waals surface area contributed by atoms with Gasteiger partial charge >= 0.3 is 0 Å². The quantitative estimate of drug-likeness (QED) is 0.850. The van der Waals surface area contributed by atoms with E-state index >= 15 is 0 Å². The second-order valence-electron chi connectivity index (χ2n) is 5.59. The zero-order valence-electron chi connectivity index (χ0n) is 13.0. The third-order valence-corrected chi connectivity index (χ3v) is 5.44. The fraction of sp³-hybridized carbons (Fsp3) is 0.353. The molecule has 0 saturated carbocycles. The van der Waals surface area contributed by atoms with Crippen LogP contribution < -0.4 is 5.32 Å². The van der Waals surface area contributed by atoms with Gasteiger partial charge in [0.15, 0.2) is 0 Å². The maximum absolute atomic E-state index is 12.6. The van der Waals surface area contributed by atoms with Crippen molar-refractivity contribution in [3.05, 3.63) is 56.2 Å². The molecule has 0 aliphatic carbocycles. The van der Waals surface area contributed by atoms with Gasteiger partial charge in [0.05, 0.1) is 29.2 Å². The van der Waals surface area contributed by atoms with Crippen molar-refractivity contribution in [1.29, 1.82) is 0 Å². The zero-order valence-corrected chi connectivity index (χ0v) is 15.3. The smallest absolute Gasteiger partial charge is 0.254 e. The summed E-state index contributed by atoms with van der Waals surface area (Å²) in [6.07, 6.45) is 0. The van der Waals surface area contributed by atoms with Crippen LogP contribution in [-0.4, -0.2) is 43.7 Å². The number of morpholine rings is 1. The summed E-state index contributed by atoms with van der Waals surface area (Å²) in [5.41, 5.74) is 1.49. The molecule has 1 atom stereocenters. The molecule has 2 heterocycles. The summed E-state index contributed by atoms with van der Waals surface area (Å²) >= 11 is 13.3. The van der Waals surface area contributed by atoms with Crippen LogP contribution in [0.15, 0.2) is 36.4 Å². The van der Waals surface area contributed by atoms with Gasteiger partial charge in [-0.2, -0.15) is 0 Å². The number of nitrogens with zero attached hydrogens (tertiary/aromatic N) is 1. The van der Waals surface area contributed by atoms with Crippen LogP contribution in [0, 0.1) is 0 Å². The standard InChI is InChI=1S/C17H18Cl2N2O2S/c18-15-10-13(16(19)24-15)17(22)20-14(12-4-2-1-3-5-12)11-21-6-8-23-9-7-21/h1-5,10,14H,6-9,11H2,(H,20,22). The molecule has 1 amide bonds. The summed E-state index contributed by atoms with van der Waals surface area (Å²) < 4.78 is 6.32. The highest BCUT2D eigenvalue weighted by atomic mass is 35.5. The number of rotatable bonds is 5. The molecular weight excluding hydrogens is 367 g/mol. The Morgan fingerprint density at radius 1 is 1.25 bits per heavy atom. The van der Waals surface area contributed by atoms with Crippen LogP contribution in [0.3, 0.4) is 0 Å². The highest BCUT2D eigenvalue weighted by Crippen LogP contribution is 2.31. The Kier molecular flexibility index (Phi) is 6.14. The summed E-state index contributed by atoms with van der Waals surface area (Å²) in [7, 11) is 0. The number of thiophene rings is 1. The van der Waals surface area contributed by atoms with Crippen molar-refractivity contribution in [3.63, 3.8) is 0 Å². The van der Waals surface area contributed by atoms with Crippen LogP contribution in [0.1, 0.15) is 22.0 Å². The van der Waals surface area contributed by atoms with Gasteiger partial charge in [-0.3, -0.25) is 9.69 Å². The van der Waals surface area contributed by atoms with Crippen LogP contribution >= 0.6 is 34.5 Å². The molecule has 0 spiro atoms. The van der Waals surface area contributed by atoms with Crippen molar-refractivity contribution in [2.45, 2.75) is 6.04 Å². The van der Waals surface area contributed by atoms with E-state index < -0.39 is 0 Å². The average Bonchev–Trinajstić information content (AvgIpc) is 2.94. The molecular formula is C17H18Cl2N2O2S. The number of carbonyl (C=O) groups is 1. The molecule has 7 heteroatoms. The molecule has 1 fully saturated rings. The summed E-state index contributed by atoms with van der Waals surface area (Å²) in [5, 5.41) is 3.09. The Balaban J connectivity index is 1.76. The van der Waals surface area contributed by atoms with Gasteiger partial charge in [-0.25, -0.2) is 0 Å². The Hall–Kier alpha value is -1.11. The molecule has 1 N–H and O–H groups in total. The lowest BCUT2D eigenvalue weighted by Gasteiger charge is -2.31. The molecule has 1 aliphatic rings. The van der Waals surface area contributed by atoms with Crippen molar-refractivity contribution >= 4 is 40.4 Å². The first kappa shape index (κ1) is 17.7. The van der Waals surface area contributed by atoms with Gasteiger partial charge in [-0.1, -0.05) is 53.5 Å². The highest BCUT2D eigenvalue weighted by Gasteiger charge is 2.22. The van der Waals surface area contributed by atoms with E-state index in [9.17, 15) is 4.79 Å². The van der Waals surface area contributed by atoms with Crippen molar-refractivity contribution in [2.24, 2.45) is 0 Å². The van der Waals surface area contributed by atoms with Gasteiger partial charge in [0.1, 0.15) is 4.34 Å². The van der Waals surface area contributed by atoms with Gasteiger partial charge in [0, 0.05) is 19.6 Å². The SMILES string of the molecule is O=C(NC(CN1CCOCC1)c1ccccc1)c1cc(Cl)sc1Cl. The number of carbonyl (C=O) groups excluding carboxylic acids is 1. The first-order valence-electron chi connectivity index (χ1n) is 7.74. The number of amides is 1. The van der Waals surface area contributed by atoms with Gasteiger partial charge < -0.3 is 10.1 Å². The molecule has 128 valence electrons. The van der Waals surface area contributed by atoms with E-state index in [1.807, 2.05) is 30.3 Å². The Morgan fingerprint density at radius 2 is 1.96 bits per heavy atom. The monoisotopic (exact) mass is 384 g/mol. The molecule has 0 radical (unpaired) electrons. The molecule has 1 aromatic carbocycles. The van der Waals surface area contributed by atoms with E-state index in [0.717, 1.165) is 38.4 Å². The van der Waals surface area contributed by atoms with Crippen LogP contribution in [0.2, 0.25) is 8.67 Å². The summed E-state index contributed by atoms with van der Waals surface area (Å²) in [5.74, 6) is -0.203. The fourth-order valence-corrected chi connectivity index (χ4v) is 4.15. The second kappa shape index (κ2) is 8.32. The minimum atomic E-state index is -0.203. The second-order valence-corrected chi connectivity index (χ2v) is 7.87. The van der Waals surface area contributed by atoms with Crippen LogP contribution in [0.25, 0.3) is 0 Å². The van der Waals surface area contributed by atoms with Gasteiger partial charge in [-0.05, 0) is 11.6 Å². The number of nitrogens with one attached hydrogen (secondary N) is 1. The van der Waals surface area contributed by atoms with E-state index in [4.69, 9.17) is 27.9 Å². The van der Waals surface area contributed by atoms with E-state index in [0.29, 0.717) is 14.2 Å². The topological polar surface area (TPSA) is 41.6 Å². The van der Waals surface area contributed by atoms with Crippen molar-refractivity contribution < 1.29 is 9.53 Å². The third-order valence-electron chi connectivity index (χ3n) is 3.95. The first-order valence-corrected chi connectivity index (χ1v) is 9.31. The molecule has 0 bridgehead atoms. The van der Waals surface area contributed by atoms with Gasteiger partial charge in [-0.15, -0.1) is 11.3 Å². The predicted octanol–water partition coefficient (Wildman–Crippen LogP) is 3.86. The molecule has 1 unspecified atom stereocenters. The van der Waals surface area contributed by atoms with E-state index in [1.54, 1.807) is 6.07 Å². The van der Waals surface area contributed by atoms with E-state index in [1.165, 1.54) is 11.3 Å². The zero-order chi connectivity index (χ0) is 16.9. The average molecular weight is 385 g/mol. The minimum absolute atomic E-state index is 0.119. The molecule has 2 aromatic rings. The number of halogens is 2. The molecule has 1 aromatic heterocycles. The van der Waals surface area contributed by atoms with Gasteiger partial charge in [0.25, 0.3) is 5.91 Å². The molecule has 1 aliphatic heterocycles. The largest absolute Gasteiger partial charge is 0.379 e. The third kappa shape index (κ3) is 4.49. The van der Waals surface area contributed by atoms with Crippen molar-refractivity contribution in [3.8, 4) is 0 Å². The number of benzene rings is 1. The summed E-state index contributed by atoms with van der Waals surface area (Å²) in [4.78, 5) is 14.9. The predicted molar refractivity (Wildman–Crippen MR) is 98.2 cm³/mol. The molecule has 4 nitrogen and oxygen atoms in total. The van der Waals surface area contributed by atoms with Crippen LogP contribution in [-0.2, 0) is 4.74 Å². The molecule has 3 rings (SSSR count). The van der Waals surface area contributed by atoms with Crippen LogP contribution in [0.5, 0.6) is 0 Å². The molecule has 1 saturated heterocycles.